The number of halogens is 1. The average molecular weight is 458 g/mol. The molecule has 152 valence electrons. The van der Waals surface area contributed by atoms with Crippen molar-refractivity contribution >= 4 is 33.0 Å². The molecule has 0 radical (unpaired) electrons. The van der Waals surface area contributed by atoms with Crippen LogP contribution in [0, 0.1) is 0 Å². The van der Waals surface area contributed by atoms with Crippen LogP contribution >= 0.6 is 15.9 Å². The lowest BCUT2D eigenvalue weighted by Crippen LogP contribution is -2.23. The van der Waals surface area contributed by atoms with E-state index in [2.05, 4.69) is 28.0 Å². The van der Waals surface area contributed by atoms with Gasteiger partial charge in [-0.15, -0.1) is 0 Å². The van der Waals surface area contributed by atoms with Crippen LogP contribution in [0.1, 0.15) is 44.5 Å². The third-order valence-corrected chi connectivity index (χ3v) is 5.21. The van der Waals surface area contributed by atoms with E-state index < -0.39 is 0 Å². The Balaban J connectivity index is 2.19. The molecule has 0 bridgehead atoms. The van der Waals surface area contributed by atoms with E-state index >= 15 is 0 Å². The number of rotatable bonds is 7. The van der Waals surface area contributed by atoms with Crippen LogP contribution in [-0.2, 0) is 0 Å². The molecule has 0 aliphatic heterocycles. The van der Waals surface area contributed by atoms with Crippen molar-refractivity contribution in [3.63, 3.8) is 0 Å². The quantitative estimate of drug-likeness (QED) is 0.470. The molecule has 0 N–H and O–H groups in total. The van der Waals surface area contributed by atoms with Crippen molar-refractivity contribution in [1.29, 1.82) is 0 Å². The minimum absolute atomic E-state index is 0.0737. The Hall–Kier alpha value is -2.67. The van der Waals surface area contributed by atoms with Crippen LogP contribution in [0.2, 0.25) is 0 Å². The van der Waals surface area contributed by atoms with E-state index in [1.165, 1.54) is 4.68 Å². The minimum atomic E-state index is -0.205. The van der Waals surface area contributed by atoms with Crippen molar-refractivity contribution in [2.75, 3.05) is 13.7 Å². The molecule has 0 unspecified atom stereocenters. The molecule has 1 heterocycles. The second-order valence-electron chi connectivity index (χ2n) is 6.61. The number of aromatic nitrogens is 2. The van der Waals surface area contributed by atoms with Gasteiger partial charge in [-0.1, -0.05) is 35.8 Å². The summed E-state index contributed by atoms with van der Waals surface area (Å²) in [7, 11) is 1.59. The number of nitrogens with zero attached hydrogens (tertiary/aromatic N) is 3. The second-order valence-corrected chi connectivity index (χ2v) is 7.53. The lowest BCUT2D eigenvalue weighted by Gasteiger charge is -2.14. The van der Waals surface area contributed by atoms with Gasteiger partial charge < -0.3 is 9.47 Å². The number of methoxy groups -OCH3 is 1. The Kier molecular flexibility index (Phi) is 6.69. The molecule has 3 aromatic rings. The molecule has 0 fully saturated rings. The molecule has 0 saturated heterocycles. The SMILES string of the molecule is CCOc1c(C=Nn2c([C@@H](C)CC)nc3ccc(Br)cc3c2=O)cccc1OC. The average Bonchev–Trinajstić information content (AvgIpc) is 2.73. The maximum atomic E-state index is 13.2. The van der Waals surface area contributed by atoms with Gasteiger partial charge in [-0.05, 0) is 43.7 Å². The van der Waals surface area contributed by atoms with Gasteiger partial charge in [0.15, 0.2) is 11.5 Å². The van der Waals surface area contributed by atoms with Gasteiger partial charge in [0.1, 0.15) is 5.82 Å². The van der Waals surface area contributed by atoms with E-state index in [-0.39, 0.29) is 11.5 Å². The highest BCUT2D eigenvalue weighted by Gasteiger charge is 2.16. The number of fused-ring (bicyclic) bond motifs is 1. The lowest BCUT2D eigenvalue weighted by molar-refractivity contribution is 0.310. The molecular weight excluding hydrogens is 434 g/mol. The molecular formula is C22H24BrN3O3. The van der Waals surface area contributed by atoms with Crippen molar-refractivity contribution in [3.8, 4) is 11.5 Å². The summed E-state index contributed by atoms with van der Waals surface area (Å²) in [6.45, 7) is 6.50. The highest BCUT2D eigenvalue weighted by atomic mass is 79.9. The molecule has 7 heteroatoms. The van der Waals surface area contributed by atoms with Gasteiger partial charge in [0.2, 0.25) is 0 Å². The summed E-state index contributed by atoms with van der Waals surface area (Å²) < 4.78 is 13.3. The van der Waals surface area contributed by atoms with Gasteiger partial charge >= 0.3 is 0 Å². The number of para-hydroxylation sites is 1. The Morgan fingerprint density at radius 3 is 2.76 bits per heavy atom. The molecule has 0 aliphatic rings. The monoisotopic (exact) mass is 457 g/mol. The first kappa shape index (κ1) is 21.0. The first-order chi connectivity index (χ1) is 14.0. The maximum absolute atomic E-state index is 13.2. The number of benzene rings is 2. The Morgan fingerprint density at radius 1 is 1.28 bits per heavy atom. The first-order valence-electron chi connectivity index (χ1n) is 9.56. The molecule has 1 atom stereocenters. The third kappa shape index (κ3) is 4.34. The van der Waals surface area contributed by atoms with Gasteiger partial charge in [0, 0.05) is 16.0 Å². The van der Waals surface area contributed by atoms with E-state index in [4.69, 9.17) is 14.5 Å². The Labute approximate surface area is 178 Å². The van der Waals surface area contributed by atoms with Crippen LogP contribution in [0.5, 0.6) is 11.5 Å². The normalized spacial score (nSPS) is 12.4. The summed E-state index contributed by atoms with van der Waals surface area (Å²) >= 11 is 3.43. The Morgan fingerprint density at radius 2 is 2.07 bits per heavy atom. The van der Waals surface area contributed by atoms with Gasteiger partial charge in [0.05, 0.1) is 30.8 Å². The first-order valence-corrected chi connectivity index (χ1v) is 10.4. The summed E-state index contributed by atoms with van der Waals surface area (Å²) in [6, 6.07) is 11.1. The molecule has 0 aliphatic carbocycles. The van der Waals surface area contributed by atoms with Crippen molar-refractivity contribution in [1.82, 2.24) is 9.66 Å². The van der Waals surface area contributed by atoms with Gasteiger partial charge in [-0.2, -0.15) is 9.78 Å². The largest absolute Gasteiger partial charge is 0.493 e. The van der Waals surface area contributed by atoms with Gasteiger partial charge in [-0.25, -0.2) is 4.98 Å². The van der Waals surface area contributed by atoms with Crippen LogP contribution in [0.15, 0.2) is 50.8 Å². The summed E-state index contributed by atoms with van der Waals surface area (Å²) in [5.41, 5.74) is 1.18. The summed E-state index contributed by atoms with van der Waals surface area (Å²) in [5, 5.41) is 5.02. The number of hydrogen-bond acceptors (Lipinski definition) is 5. The predicted octanol–water partition coefficient (Wildman–Crippen LogP) is 4.96. The summed E-state index contributed by atoms with van der Waals surface area (Å²) in [4.78, 5) is 17.9. The zero-order valence-electron chi connectivity index (χ0n) is 17.0. The van der Waals surface area contributed by atoms with Crippen molar-refractivity contribution < 1.29 is 9.47 Å². The molecule has 0 spiro atoms. The fourth-order valence-corrected chi connectivity index (χ4v) is 3.35. The fraction of sp³-hybridized carbons (Fsp3) is 0.318. The van der Waals surface area contributed by atoms with Crippen molar-refractivity contribution in [2.24, 2.45) is 5.10 Å². The molecule has 29 heavy (non-hydrogen) atoms. The van der Waals surface area contributed by atoms with Gasteiger partial charge in [-0.3, -0.25) is 4.79 Å². The lowest BCUT2D eigenvalue weighted by atomic mass is 10.1. The number of ether oxygens (including phenoxy) is 2. The van der Waals surface area contributed by atoms with Crippen molar-refractivity contribution in [3.05, 3.63) is 62.6 Å². The standard InChI is InChI=1S/C22H24BrN3O3/c1-5-14(3)21-25-18-11-10-16(23)12-17(18)22(27)26(21)24-13-15-8-7-9-19(28-4)20(15)29-6-2/h7-14H,5-6H2,1-4H3/t14-/m0/s1. The fourth-order valence-electron chi connectivity index (χ4n) is 2.99. The molecule has 2 aromatic carbocycles. The smallest absolute Gasteiger partial charge is 0.282 e. The summed E-state index contributed by atoms with van der Waals surface area (Å²) in [6.07, 6.45) is 2.46. The van der Waals surface area contributed by atoms with E-state index in [1.807, 2.05) is 44.2 Å². The summed E-state index contributed by atoms with van der Waals surface area (Å²) in [5.74, 6) is 1.91. The van der Waals surface area contributed by atoms with Crippen molar-refractivity contribution in [2.45, 2.75) is 33.1 Å². The molecule has 3 rings (SSSR count). The molecule has 0 saturated carbocycles. The molecule has 1 aromatic heterocycles. The highest BCUT2D eigenvalue weighted by Crippen LogP contribution is 2.30. The number of hydrogen-bond donors (Lipinski definition) is 0. The second kappa shape index (κ2) is 9.22. The van der Waals surface area contributed by atoms with Crippen LogP contribution in [0.25, 0.3) is 10.9 Å². The van der Waals surface area contributed by atoms with E-state index in [0.717, 1.165) is 16.5 Å². The minimum Gasteiger partial charge on any atom is -0.493 e. The van der Waals surface area contributed by atoms with E-state index in [0.29, 0.717) is 34.8 Å². The predicted molar refractivity (Wildman–Crippen MR) is 120 cm³/mol. The molecule has 0 amide bonds. The highest BCUT2D eigenvalue weighted by molar-refractivity contribution is 9.10. The molecule has 6 nitrogen and oxygen atoms in total. The van der Waals surface area contributed by atoms with E-state index in [9.17, 15) is 4.79 Å². The zero-order valence-corrected chi connectivity index (χ0v) is 18.6. The maximum Gasteiger partial charge on any atom is 0.282 e. The van der Waals surface area contributed by atoms with Crippen LogP contribution < -0.4 is 15.0 Å². The van der Waals surface area contributed by atoms with Crippen LogP contribution in [0.4, 0.5) is 0 Å². The van der Waals surface area contributed by atoms with Crippen LogP contribution in [-0.4, -0.2) is 29.6 Å². The van der Waals surface area contributed by atoms with Crippen LogP contribution in [0.3, 0.4) is 0 Å². The van der Waals surface area contributed by atoms with Gasteiger partial charge in [0.25, 0.3) is 5.56 Å². The Bertz CT molecular complexity index is 1110. The topological polar surface area (TPSA) is 65.7 Å². The zero-order chi connectivity index (χ0) is 21.0. The third-order valence-electron chi connectivity index (χ3n) is 4.72. The van der Waals surface area contributed by atoms with E-state index in [1.54, 1.807) is 19.4 Å².